The molecule has 33 heavy (non-hydrogen) atoms. The minimum Gasteiger partial charge on any atom is -0.872 e. The molecule has 0 unspecified atom stereocenters. The average molecular weight is 501 g/mol. The van der Waals surface area contributed by atoms with Crippen LogP contribution < -0.4 is 61.2 Å². The molecule has 178 valence electrons. The van der Waals surface area contributed by atoms with Gasteiger partial charge in [0.1, 0.15) is 11.5 Å². The van der Waals surface area contributed by atoms with Gasteiger partial charge in [-0.2, -0.15) is 8.42 Å². The molecule has 0 radical (unpaired) electrons. The summed E-state index contributed by atoms with van der Waals surface area (Å²) in [7, 11) is -4.23. The molecule has 0 bridgehead atoms. The molecule has 2 aromatic carbocycles. The van der Waals surface area contributed by atoms with Crippen molar-refractivity contribution >= 4 is 10.1 Å². The third kappa shape index (κ3) is 12.7. The van der Waals surface area contributed by atoms with Crippen LogP contribution >= 0.6 is 0 Å². The van der Waals surface area contributed by atoms with Crippen LogP contribution in [0, 0.1) is 0 Å². The Hall–Kier alpha value is -0.414. The summed E-state index contributed by atoms with van der Waals surface area (Å²) in [5.74, 6) is 0.993. The molecule has 0 saturated heterocycles. The Balaban J connectivity index is 0.00000544. The molecule has 0 aliphatic heterocycles. The quantitative estimate of drug-likeness (QED) is 0.213. The van der Waals surface area contributed by atoms with E-state index in [1.165, 1.54) is 94.5 Å². The first-order valence-electron chi connectivity index (χ1n) is 12.0. The summed E-state index contributed by atoms with van der Waals surface area (Å²) in [5.41, 5.74) is 0.740. The average Bonchev–Trinajstić information content (AvgIpc) is 2.76. The third-order valence-electron chi connectivity index (χ3n) is 5.69. The number of aryl methyl sites for hydroxylation is 1. The van der Waals surface area contributed by atoms with E-state index in [9.17, 15) is 13.5 Å². The van der Waals surface area contributed by atoms with E-state index >= 15 is 0 Å². The first-order valence-corrected chi connectivity index (χ1v) is 13.4. The molecule has 0 saturated carbocycles. The van der Waals surface area contributed by atoms with Crippen LogP contribution in [0.25, 0.3) is 0 Å². The number of ether oxygens (including phenoxy) is 1. The first-order chi connectivity index (χ1) is 15.4. The van der Waals surface area contributed by atoms with E-state index in [2.05, 4.69) is 6.92 Å². The standard InChI is InChI=1S/C26H38O5S.K/c1-2-3-4-5-6-7-8-9-10-11-12-13-14-22-21-24(17-20-26(22)27)31-23-15-18-25(19-16-23)32(28,29)30;/h15-21,27H,2-14H2,1H3,(H,28,29,30);/q;+1/p-1. The van der Waals surface area contributed by atoms with Crippen LogP contribution in [0.4, 0.5) is 0 Å². The fourth-order valence-corrected chi connectivity index (χ4v) is 4.27. The van der Waals surface area contributed by atoms with Gasteiger partial charge in [-0.1, -0.05) is 89.2 Å². The van der Waals surface area contributed by atoms with Crippen LogP contribution in [0.15, 0.2) is 47.4 Å². The second kappa shape index (κ2) is 17.1. The summed E-state index contributed by atoms with van der Waals surface area (Å²) in [4.78, 5) is -0.188. The monoisotopic (exact) mass is 500 g/mol. The molecule has 2 aromatic rings. The smallest absolute Gasteiger partial charge is 0.872 e. The predicted octanol–water partition coefficient (Wildman–Crippen LogP) is 4.05. The maximum atomic E-state index is 12.2. The number of unbranched alkanes of at least 4 members (excludes halogenated alkanes) is 11. The van der Waals surface area contributed by atoms with Crippen molar-refractivity contribution in [2.45, 2.75) is 95.3 Å². The zero-order valence-electron chi connectivity index (χ0n) is 20.2. The molecule has 0 fully saturated rings. The summed E-state index contributed by atoms with van der Waals surface area (Å²) in [5, 5.41) is 12.2. The van der Waals surface area contributed by atoms with Crippen LogP contribution in [0.5, 0.6) is 17.2 Å². The molecular formula is C26H37KO5S. The minimum atomic E-state index is -4.23. The molecule has 7 heteroatoms. The van der Waals surface area contributed by atoms with Gasteiger partial charge in [0.05, 0.1) is 4.90 Å². The Morgan fingerprint density at radius 1 is 0.758 bits per heavy atom. The van der Waals surface area contributed by atoms with Crippen LogP contribution in [-0.2, 0) is 16.5 Å². The van der Waals surface area contributed by atoms with Gasteiger partial charge in [0, 0.05) is 0 Å². The van der Waals surface area contributed by atoms with Crippen molar-refractivity contribution in [2.75, 3.05) is 0 Å². The summed E-state index contributed by atoms with van der Waals surface area (Å²) in [6.07, 6.45) is 16.1. The van der Waals surface area contributed by atoms with Crippen molar-refractivity contribution in [3.05, 3.63) is 48.0 Å². The summed E-state index contributed by atoms with van der Waals surface area (Å²) in [6.45, 7) is 2.25. The normalized spacial score (nSPS) is 11.2. The van der Waals surface area contributed by atoms with Crippen LogP contribution in [0.2, 0.25) is 0 Å². The van der Waals surface area contributed by atoms with E-state index in [4.69, 9.17) is 9.29 Å². The zero-order valence-corrected chi connectivity index (χ0v) is 24.2. The topological polar surface area (TPSA) is 86.7 Å². The molecule has 0 amide bonds. The van der Waals surface area contributed by atoms with Gasteiger partial charge >= 0.3 is 51.4 Å². The molecule has 0 aliphatic rings. The van der Waals surface area contributed by atoms with Gasteiger partial charge in [-0.05, 0) is 49.2 Å². The number of benzene rings is 2. The maximum Gasteiger partial charge on any atom is 1.00 e. The second-order valence-electron chi connectivity index (χ2n) is 8.46. The molecular weight excluding hydrogens is 463 g/mol. The molecule has 0 atom stereocenters. The summed E-state index contributed by atoms with van der Waals surface area (Å²) < 4.78 is 37.0. The number of hydrogen-bond donors (Lipinski definition) is 1. The van der Waals surface area contributed by atoms with Crippen LogP contribution in [0.3, 0.4) is 0 Å². The van der Waals surface area contributed by atoms with E-state index in [0.29, 0.717) is 11.5 Å². The van der Waals surface area contributed by atoms with Gasteiger partial charge in [-0.15, -0.1) is 5.75 Å². The van der Waals surface area contributed by atoms with E-state index in [-0.39, 0.29) is 62.0 Å². The Kier molecular flexibility index (Phi) is 15.9. The Bertz CT molecular complexity index is 897. The molecule has 2 rings (SSSR count). The predicted molar refractivity (Wildman–Crippen MR) is 127 cm³/mol. The Morgan fingerprint density at radius 3 is 1.76 bits per heavy atom. The number of hydrogen-bond acceptors (Lipinski definition) is 4. The Morgan fingerprint density at radius 2 is 1.24 bits per heavy atom. The van der Waals surface area contributed by atoms with Crippen molar-refractivity contribution in [3.63, 3.8) is 0 Å². The van der Waals surface area contributed by atoms with E-state index in [0.717, 1.165) is 24.8 Å². The van der Waals surface area contributed by atoms with Gasteiger partial charge in [0.15, 0.2) is 0 Å². The zero-order chi connectivity index (χ0) is 23.2. The minimum absolute atomic E-state index is 0. The van der Waals surface area contributed by atoms with E-state index in [1.807, 2.05) is 0 Å². The SMILES string of the molecule is CCCCCCCCCCCCCCc1cc(Oc2ccc(S(=O)(=O)O)cc2)ccc1[O-].[K+]. The maximum absolute atomic E-state index is 12.2. The second-order valence-corrected chi connectivity index (χ2v) is 9.88. The Labute approximate surface area is 242 Å². The van der Waals surface area contributed by atoms with Crippen LogP contribution in [-0.4, -0.2) is 13.0 Å². The van der Waals surface area contributed by atoms with E-state index < -0.39 is 10.1 Å². The van der Waals surface area contributed by atoms with Crippen molar-refractivity contribution in [2.24, 2.45) is 0 Å². The van der Waals surface area contributed by atoms with Crippen LogP contribution in [0.1, 0.15) is 89.5 Å². The van der Waals surface area contributed by atoms with Gasteiger partial charge < -0.3 is 9.84 Å². The van der Waals surface area contributed by atoms with E-state index in [1.54, 1.807) is 12.1 Å². The molecule has 5 nitrogen and oxygen atoms in total. The van der Waals surface area contributed by atoms with Crippen molar-refractivity contribution in [1.29, 1.82) is 0 Å². The molecule has 1 N–H and O–H groups in total. The van der Waals surface area contributed by atoms with Gasteiger partial charge in [-0.25, -0.2) is 0 Å². The van der Waals surface area contributed by atoms with Crippen molar-refractivity contribution < 1.29 is 74.2 Å². The molecule has 0 heterocycles. The largest absolute Gasteiger partial charge is 1.00 e. The number of rotatable bonds is 16. The summed E-state index contributed by atoms with van der Waals surface area (Å²) >= 11 is 0. The van der Waals surface area contributed by atoms with Crippen molar-refractivity contribution in [3.8, 4) is 17.2 Å². The van der Waals surface area contributed by atoms with Gasteiger partial charge in [0.2, 0.25) is 0 Å². The van der Waals surface area contributed by atoms with Gasteiger partial charge in [-0.3, -0.25) is 4.55 Å². The van der Waals surface area contributed by atoms with Crippen molar-refractivity contribution in [1.82, 2.24) is 0 Å². The van der Waals surface area contributed by atoms with Gasteiger partial charge in [0.25, 0.3) is 10.1 Å². The summed E-state index contributed by atoms with van der Waals surface area (Å²) in [6, 6.07) is 10.4. The fourth-order valence-electron chi connectivity index (χ4n) is 3.79. The third-order valence-corrected chi connectivity index (χ3v) is 6.56. The fraction of sp³-hybridized carbons (Fsp3) is 0.538. The molecule has 0 aromatic heterocycles. The first kappa shape index (κ1) is 30.6. The molecule has 0 spiro atoms. The molecule has 0 aliphatic carbocycles.